The predicted molar refractivity (Wildman–Crippen MR) is 121 cm³/mol. The summed E-state index contributed by atoms with van der Waals surface area (Å²) in [5.41, 5.74) is 5.49. The van der Waals surface area contributed by atoms with Crippen molar-refractivity contribution in [3.63, 3.8) is 0 Å². The molecule has 1 amide bonds. The van der Waals surface area contributed by atoms with Crippen LogP contribution in [0.15, 0.2) is 52.5 Å². The maximum Gasteiger partial charge on any atom is 0.313 e. The summed E-state index contributed by atoms with van der Waals surface area (Å²) in [6, 6.07) is 4.04. The van der Waals surface area contributed by atoms with Crippen LogP contribution < -0.4 is 16.0 Å². The fourth-order valence-corrected chi connectivity index (χ4v) is 4.71. The summed E-state index contributed by atoms with van der Waals surface area (Å²) in [7, 11) is -10.1. The monoisotopic (exact) mass is 519 g/mol. The van der Waals surface area contributed by atoms with Crippen LogP contribution in [-0.2, 0) is 6.54 Å². The van der Waals surface area contributed by atoms with Crippen LogP contribution in [0.4, 0.5) is 25.1 Å². The Morgan fingerprint density at radius 2 is 1.83 bits per heavy atom. The fraction of sp³-hybridized carbons (Fsp3) is 0.286. The van der Waals surface area contributed by atoms with Crippen molar-refractivity contribution in [2.45, 2.75) is 31.3 Å². The van der Waals surface area contributed by atoms with E-state index in [-0.39, 0.29) is 24.8 Å². The number of aromatic nitrogens is 3. The Labute approximate surface area is 196 Å². The standard InChI is InChI=1S/C21H22F5N5O3S/c1-13-10-29(12-28-13)16-4-5-17-21(33)30(7-8-31(17)20(16)32)14(2)11-34-18-6-3-15(27)9-19(18)35(22,23,24,25)26/h3-6,9-10,12,14H,7-8,11,27H2,1-2H3. The molecule has 0 fully saturated rings. The highest BCUT2D eigenvalue weighted by molar-refractivity contribution is 8.45. The molecule has 0 spiro atoms. The van der Waals surface area contributed by atoms with Crippen LogP contribution in [0.25, 0.3) is 5.69 Å². The average Bonchev–Trinajstić information content (AvgIpc) is 3.18. The molecule has 1 aromatic carbocycles. The van der Waals surface area contributed by atoms with Gasteiger partial charge in [-0.2, -0.15) is 0 Å². The lowest BCUT2D eigenvalue weighted by atomic mass is 10.2. The van der Waals surface area contributed by atoms with E-state index in [1.807, 2.05) is 0 Å². The summed E-state index contributed by atoms with van der Waals surface area (Å²) in [6.45, 7) is 2.98. The summed E-state index contributed by atoms with van der Waals surface area (Å²) in [5.74, 6) is -1.62. The molecule has 4 rings (SSSR count). The Hall–Kier alpha value is -3.55. The quantitative estimate of drug-likeness (QED) is 0.382. The van der Waals surface area contributed by atoms with E-state index < -0.39 is 50.7 Å². The highest BCUT2D eigenvalue weighted by atomic mass is 32.5. The molecule has 0 saturated carbocycles. The van der Waals surface area contributed by atoms with E-state index in [0.717, 1.165) is 12.1 Å². The number of fused-ring (bicyclic) bond motifs is 1. The molecular weight excluding hydrogens is 497 g/mol. The van der Waals surface area contributed by atoms with Gasteiger partial charge in [-0.3, -0.25) is 9.59 Å². The Morgan fingerprint density at radius 3 is 2.46 bits per heavy atom. The molecule has 190 valence electrons. The number of aryl methyl sites for hydroxylation is 1. The van der Waals surface area contributed by atoms with E-state index in [0.29, 0.717) is 11.4 Å². The molecule has 3 aromatic rings. The summed E-state index contributed by atoms with van der Waals surface area (Å²) in [6.07, 6.45) is 3.14. The number of carbonyl (C=O) groups excluding carboxylic acids is 1. The minimum absolute atomic E-state index is 0.0683. The number of hydrogen-bond acceptors (Lipinski definition) is 5. The number of hydrogen-bond donors (Lipinski definition) is 1. The second-order valence-corrected chi connectivity index (χ2v) is 10.7. The first-order valence-corrected chi connectivity index (χ1v) is 12.3. The normalized spacial score (nSPS) is 16.9. The summed E-state index contributed by atoms with van der Waals surface area (Å²) in [5, 5.41) is 0. The van der Waals surface area contributed by atoms with Crippen molar-refractivity contribution in [2.24, 2.45) is 0 Å². The number of carbonyl (C=O) groups is 1. The van der Waals surface area contributed by atoms with E-state index in [1.165, 1.54) is 34.9 Å². The molecule has 1 aliphatic heterocycles. The van der Waals surface area contributed by atoms with Crippen molar-refractivity contribution < 1.29 is 29.0 Å². The number of nitrogens with zero attached hydrogens (tertiary/aromatic N) is 4. The molecule has 8 nitrogen and oxygen atoms in total. The van der Waals surface area contributed by atoms with Gasteiger partial charge in [0.25, 0.3) is 11.5 Å². The first kappa shape index (κ1) is 24.6. The summed E-state index contributed by atoms with van der Waals surface area (Å²) < 4.78 is 75.2. The molecule has 0 aliphatic carbocycles. The molecule has 1 atom stereocenters. The zero-order valence-electron chi connectivity index (χ0n) is 18.6. The topological polar surface area (TPSA) is 95.4 Å². The number of halogens is 5. The van der Waals surface area contributed by atoms with Gasteiger partial charge in [-0.05, 0) is 44.2 Å². The van der Waals surface area contributed by atoms with Crippen LogP contribution in [-0.4, -0.2) is 44.1 Å². The number of ether oxygens (including phenoxy) is 1. The van der Waals surface area contributed by atoms with Gasteiger partial charge in [-0.1, -0.05) is 19.4 Å². The molecule has 2 N–H and O–H groups in total. The number of amides is 1. The van der Waals surface area contributed by atoms with Gasteiger partial charge >= 0.3 is 10.2 Å². The molecule has 35 heavy (non-hydrogen) atoms. The Morgan fingerprint density at radius 1 is 1.11 bits per heavy atom. The first-order chi connectivity index (χ1) is 16.0. The van der Waals surface area contributed by atoms with Gasteiger partial charge in [0.15, 0.2) is 4.90 Å². The van der Waals surface area contributed by atoms with E-state index >= 15 is 0 Å². The fourth-order valence-electron chi connectivity index (χ4n) is 3.85. The third kappa shape index (κ3) is 4.83. The highest BCUT2D eigenvalue weighted by Crippen LogP contribution is 3.03. The van der Waals surface area contributed by atoms with Crippen LogP contribution in [0.3, 0.4) is 0 Å². The largest absolute Gasteiger partial charge is 0.490 e. The van der Waals surface area contributed by atoms with Crippen molar-refractivity contribution >= 4 is 21.8 Å². The number of pyridine rings is 1. The zero-order chi connectivity index (χ0) is 25.8. The summed E-state index contributed by atoms with van der Waals surface area (Å²) in [4.78, 5) is 29.1. The second-order valence-electron chi connectivity index (χ2n) is 8.32. The molecule has 14 heteroatoms. The lowest BCUT2D eigenvalue weighted by Crippen LogP contribution is -2.50. The van der Waals surface area contributed by atoms with Gasteiger partial charge in [-0.15, -0.1) is 0 Å². The number of nitrogens with two attached hydrogens (primary N) is 1. The molecule has 1 aliphatic rings. The van der Waals surface area contributed by atoms with Gasteiger partial charge < -0.3 is 24.5 Å². The van der Waals surface area contributed by atoms with E-state index in [9.17, 15) is 29.0 Å². The minimum Gasteiger partial charge on any atom is -0.490 e. The van der Waals surface area contributed by atoms with Gasteiger partial charge in [0.1, 0.15) is 23.7 Å². The third-order valence-electron chi connectivity index (χ3n) is 5.58. The van der Waals surface area contributed by atoms with E-state index in [1.54, 1.807) is 17.7 Å². The lowest BCUT2D eigenvalue weighted by Gasteiger charge is -2.41. The minimum atomic E-state index is -10.1. The van der Waals surface area contributed by atoms with Gasteiger partial charge in [0.2, 0.25) is 0 Å². The van der Waals surface area contributed by atoms with E-state index in [4.69, 9.17) is 10.5 Å². The van der Waals surface area contributed by atoms with Crippen molar-refractivity contribution in [3.05, 3.63) is 64.6 Å². The maximum absolute atomic E-state index is 13.5. The number of nitrogen functional groups attached to an aromatic ring is 1. The van der Waals surface area contributed by atoms with Crippen molar-refractivity contribution in [1.82, 2.24) is 19.0 Å². The number of anilines is 1. The zero-order valence-corrected chi connectivity index (χ0v) is 19.4. The Balaban J connectivity index is 1.55. The Kier molecular flexibility index (Phi) is 5.25. The van der Waals surface area contributed by atoms with Crippen LogP contribution in [0.1, 0.15) is 23.1 Å². The average molecular weight is 519 g/mol. The van der Waals surface area contributed by atoms with Crippen molar-refractivity contribution in [1.29, 1.82) is 0 Å². The van der Waals surface area contributed by atoms with Crippen molar-refractivity contribution in [3.8, 4) is 11.4 Å². The molecule has 0 saturated heterocycles. The molecule has 1 unspecified atom stereocenters. The van der Waals surface area contributed by atoms with Crippen LogP contribution in [0.2, 0.25) is 0 Å². The second kappa shape index (κ2) is 7.47. The number of rotatable bonds is 6. The number of imidazole rings is 1. The number of benzene rings is 1. The molecule has 0 radical (unpaired) electrons. The highest BCUT2D eigenvalue weighted by Gasteiger charge is 2.67. The lowest BCUT2D eigenvalue weighted by molar-refractivity contribution is 0.0567. The van der Waals surface area contributed by atoms with Gasteiger partial charge in [0, 0.05) is 25.0 Å². The molecule has 3 heterocycles. The van der Waals surface area contributed by atoms with Crippen LogP contribution in [0, 0.1) is 6.92 Å². The Bertz CT molecular complexity index is 1390. The van der Waals surface area contributed by atoms with Crippen molar-refractivity contribution in [2.75, 3.05) is 18.9 Å². The summed E-state index contributed by atoms with van der Waals surface area (Å²) >= 11 is 0. The van der Waals surface area contributed by atoms with E-state index in [2.05, 4.69) is 4.98 Å². The van der Waals surface area contributed by atoms with Crippen LogP contribution in [0.5, 0.6) is 5.75 Å². The third-order valence-corrected chi connectivity index (χ3v) is 6.73. The molecule has 0 bridgehead atoms. The first-order valence-electron chi connectivity index (χ1n) is 10.4. The van der Waals surface area contributed by atoms with Crippen LogP contribution >= 0.6 is 10.2 Å². The molecular formula is C21H22F5N5O3S. The van der Waals surface area contributed by atoms with Gasteiger partial charge in [0.05, 0.1) is 18.1 Å². The predicted octanol–water partition coefficient (Wildman–Crippen LogP) is 4.51. The maximum atomic E-state index is 13.5. The smallest absolute Gasteiger partial charge is 0.313 e. The molecule has 2 aromatic heterocycles. The van der Waals surface area contributed by atoms with Gasteiger partial charge in [-0.25, -0.2) is 4.98 Å². The SMILES string of the molecule is Cc1cn(-c2ccc3n(c2=O)CCN(C(C)COc2ccc(N)cc2S(F)(F)(F)(F)F)C3=O)cn1.